The predicted octanol–water partition coefficient (Wildman–Crippen LogP) is 4.55. The second-order valence-electron chi connectivity index (χ2n) is 4.46. The summed E-state index contributed by atoms with van der Waals surface area (Å²) < 4.78 is -0.241. The first kappa shape index (κ1) is 15.3. The molecule has 0 aromatic heterocycles. The third kappa shape index (κ3) is 7.59. The van der Waals surface area contributed by atoms with Crippen molar-refractivity contribution in [2.75, 3.05) is 13.1 Å². The van der Waals surface area contributed by atoms with E-state index in [2.05, 4.69) is 20.1 Å². The van der Waals surface area contributed by atoms with Crippen LogP contribution in [0, 0.1) is 0 Å². The molecule has 0 rings (SSSR count). The van der Waals surface area contributed by atoms with E-state index in [0.717, 1.165) is 0 Å². The molecule has 0 aromatic rings. The van der Waals surface area contributed by atoms with E-state index in [1.165, 1.54) is 0 Å². The Balaban J connectivity index is 4.20. The maximum absolute atomic E-state index is 8.26. The van der Waals surface area contributed by atoms with E-state index >= 15 is 0 Å². The molecule has 90 valence electrons. The zero-order chi connectivity index (χ0) is 12.7. The summed E-state index contributed by atoms with van der Waals surface area (Å²) in [6.45, 7) is 8.95. The van der Waals surface area contributed by atoms with Gasteiger partial charge in [-0.05, 0) is 38.8 Å². The summed E-state index contributed by atoms with van der Waals surface area (Å²) in [4.78, 5) is 5.50. The maximum atomic E-state index is 8.26. The lowest BCUT2D eigenvalue weighted by Crippen LogP contribution is -2.22. The summed E-state index contributed by atoms with van der Waals surface area (Å²) in [5.41, 5.74) is 16.5. The Morgan fingerprint density at radius 1 is 0.875 bits per heavy atom. The lowest BCUT2D eigenvalue weighted by Gasteiger charge is -2.27. The van der Waals surface area contributed by atoms with Crippen LogP contribution in [-0.2, 0) is 0 Å². The molecule has 0 N–H and O–H groups in total. The van der Waals surface area contributed by atoms with E-state index < -0.39 is 0 Å². The van der Waals surface area contributed by atoms with Crippen molar-refractivity contribution >= 4 is 21.6 Å². The normalized spacial score (nSPS) is 11.5. The summed E-state index contributed by atoms with van der Waals surface area (Å²) >= 11 is 0. The van der Waals surface area contributed by atoms with Gasteiger partial charge in [0, 0.05) is 32.4 Å². The van der Waals surface area contributed by atoms with Gasteiger partial charge in [-0.3, -0.25) is 0 Å². The minimum atomic E-state index is -0.121. The molecule has 0 aliphatic heterocycles. The standard InChI is InChI=1S/C8H16N6S2/c1-7(2,5-11-13-9)15-16-8(3,4)6-12-14-10/h5-6H2,1-4H3. The van der Waals surface area contributed by atoms with Crippen molar-refractivity contribution < 1.29 is 0 Å². The molecule has 0 saturated heterocycles. The Bertz CT molecular complexity index is 282. The number of rotatable bonds is 7. The fourth-order valence-electron chi connectivity index (χ4n) is 0.682. The van der Waals surface area contributed by atoms with E-state index in [1.54, 1.807) is 21.6 Å². The molecule has 16 heavy (non-hydrogen) atoms. The molecule has 0 bridgehead atoms. The van der Waals surface area contributed by atoms with Crippen LogP contribution in [0.1, 0.15) is 27.7 Å². The molecule has 0 unspecified atom stereocenters. The van der Waals surface area contributed by atoms with Crippen LogP contribution in [0.3, 0.4) is 0 Å². The molecule has 0 aliphatic rings. The summed E-state index contributed by atoms with van der Waals surface area (Å²) in [5.74, 6) is 0. The van der Waals surface area contributed by atoms with Gasteiger partial charge in [0.25, 0.3) is 0 Å². The van der Waals surface area contributed by atoms with Crippen molar-refractivity contribution in [1.29, 1.82) is 0 Å². The first-order valence-corrected chi connectivity index (χ1v) is 6.86. The molecular weight excluding hydrogens is 244 g/mol. The SMILES string of the molecule is CC(C)(CN=[N+]=[N-])SSC(C)(C)CN=[N+]=[N-]. The Hall–Kier alpha value is -0.680. The lowest BCUT2D eigenvalue weighted by atomic mass is 10.2. The molecule has 0 radical (unpaired) electrons. The lowest BCUT2D eigenvalue weighted by molar-refractivity contribution is 0.716. The molecule has 0 aromatic carbocycles. The van der Waals surface area contributed by atoms with Gasteiger partial charge in [-0.2, -0.15) is 0 Å². The second kappa shape index (κ2) is 6.81. The quantitative estimate of drug-likeness (QED) is 0.290. The minimum absolute atomic E-state index is 0.121. The summed E-state index contributed by atoms with van der Waals surface area (Å²) in [6.07, 6.45) is 0. The Kier molecular flexibility index (Phi) is 6.52. The monoisotopic (exact) mass is 260 g/mol. The van der Waals surface area contributed by atoms with Gasteiger partial charge >= 0.3 is 0 Å². The Morgan fingerprint density at radius 3 is 1.44 bits per heavy atom. The van der Waals surface area contributed by atoms with Gasteiger partial charge in [0.15, 0.2) is 0 Å². The van der Waals surface area contributed by atoms with Crippen molar-refractivity contribution in [2.24, 2.45) is 10.2 Å². The molecule has 0 atom stereocenters. The van der Waals surface area contributed by atoms with Gasteiger partial charge in [-0.1, -0.05) is 31.8 Å². The topological polar surface area (TPSA) is 97.5 Å². The zero-order valence-corrected chi connectivity index (χ0v) is 11.5. The molecular formula is C8H16N6S2. The van der Waals surface area contributed by atoms with E-state index in [-0.39, 0.29) is 9.49 Å². The average molecular weight is 260 g/mol. The molecule has 0 aliphatic carbocycles. The maximum Gasteiger partial charge on any atom is 0.0408 e. The van der Waals surface area contributed by atoms with Crippen molar-refractivity contribution in [1.82, 2.24) is 0 Å². The van der Waals surface area contributed by atoms with Crippen molar-refractivity contribution in [2.45, 2.75) is 37.2 Å². The molecule has 0 heterocycles. The highest BCUT2D eigenvalue weighted by atomic mass is 33.1. The van der Waals surface area contributed by atoms with Crippen LogP contribution in [0.4, 0.5) is 0 Å². The van der Waals surface area contributed by atoms with Gasteiger partial charge in [0.2, 0.25) is 0 Å². The highest BCUT2D eigenvalue weighted by molar-refractivity contribution is 8.77. The predicted molar refractivity (Wildman–Crippen MR) is 71.4 cm³/mol. The zero-order valence-electron chi connectivity index (χ0n) is 9.91. The van der Waals surface area contributed by atoms with Gasteiger partial charge in [-0.15, -0.1) is 0 Å². The van der Waals surface area contributed by atoms with Gasteiger partial charge in [-0.25, -0.2) is 0 Å². The fraction of sp³-hybridized carbons (Fsp3) is 1.00. The minimum Gasteiger partial charge on any atom is -0.0925 e. The van der Waals surface area contributed by atoms with Crippen LogP contribution in [0.5, 0.6) is 0 Å². The number of hydrogen-bond donors (Lipinski definition) is 0. The second-order valence-corrected chi connectivity index (χ2v) is 8.01. The van der Waals surface area contributed by atoms with Crippen LogP contribution >= 0.6 is 21.6 Å². The number of hydrogen-bond acceptors (Lipinski definition) is 4. The smallest absolute Gasteiger partial charge is 0.0408 e. The molecule has 0 saturated carbocycles. The highest BCUT2D eigenvalue weighted by Crippen LogP contribution is 2.43. The average Bonchev–Trinajstić information content (AvgIpc) is 2.22. The summed E-state index contributed by atoms with van der Waals surface area (Å²) in [5, 5.41) is 7.14. The first-order valence-electron chi connectivity index (χ1n) is 4.71. The molecule has 0 spiro atoms. The third-order valence-electron chi connectivity index (χ3n) is 1.52. The molecule has 6 nitrogen and oxygen atoms in total. The van der Waals surface area contributed by atoms with Crippen LogP contribution < -0.4 is 0 Å². The highest BCUT2D eigenvalue weighted by Gasteiger charge is 2.25. The van der Waals surface area contributed by atoms with E-state index in [1.807, 2.05) is 27.7 Å². The van der Waals surface area contributed by atoms with Gasteiger partial charge in [0.05, 0.1) is 0 Å². The fourth-order valence-corrected chi connectivity index (χ4v) is 3.02. The third-order valence-corrected chi connectivity index (χ3v) is 5.72. The summed E-state index contributed by atoms with van der Waals surface area (Å²) in [6, 6.07) is 0. The number of nitrogens with zero attached hydrogens (tertiary/aromatic N) is 6. The summed E-state index contributed by atoms with van der Waals surface area (Å²) in [7, 11) is 3.29. The van der Waals surface area contributed by atoms with Crippen LogP contribution in [-0.4, -0.2) is 22.6 Å². The van der Waals surface area contributed by atoms with Crippen LogP contribution in [0.15, 0.2) is 10.2 Å². The van der Waals surface area contributed by atoms with Crippen molar-refractivity contribution in [3.8, 4) is 0 Å². The van der Waals surface area contributed by atoms with E-state index in [4.69, 9.17) is 11.1 Å². The van der Waals surface area contributed by atoms with Crippen LogP contribution in [0.25, 0.3) is 20.9 Å². The van der Waals surface area contributed by atoms with E-state index in [9.17, 15) is 0 Å². The Labute approximate surface area is 103 Å². The van der Waals surface area contributed by atoms with Gasteiger partial charge < -0.3 is 0 Å². The molecule has 0 amide bonds. The molecule has 8 heteroatoms. The van der Waals surface area contributed by atoms with Crippen molar-refractivity contribution in [3.63, 3.8) is 0 Å². The first-order chi connectivity index (χ1) is 7.33. The Morgan fingerprint density at radius 2 is 1.19 bits per heavy atom. The number of azide groups is 2. The van der Waals surface area contributed by atoms with Gasteiger partial charge in [0.1, 0.15) is 0 Å². The largest absolute Gasteiger partial charge is 0.0925 e. The van der Waals surface area contributed by atoms with Crippen LogP contribution in [0.2, 0.25) is 0 Å². The van der Waals surface area contributed by atoms with E-state index in [0.29, 0.717) is 13.1 Å². The van der Waals surface area contributed by atoms with Crippen molar-refractivity contribution in [3.05, 3.63) is 20.9 Å². The molecule has 0 fully saturated rings.